The quantitative estimate of drug-likeness (QED) is 0.180. The predicted molar refractivity (Wildman–Crippen MR) is 126 cm³/mol. The van der Waals surface area contributed by atoms with Crippen molar-refractivity contribution in [1.29, 1.82) is 0 Å². The predicted octanol–water partition coefficient (Wildman–Crippen LogP) is 5.82. The standard InChI is InChI=1S/C22H15ClN2O5S2/c23-16-7-8-19(30-13-14-4-1-2-6-18(14)25(27)28)15(10-16)11-20-21(26)24(22(31)32-20)12-17-5-3-9-29-17/h1-11H,12-13H2/b20-11-. The van der Waals surface area contributed by atoms with Crippen LogP contribution in [0.1, 0.15) is 16.9 Å². The lowest BCUT2D eigenvalue weighted by Crippen LogP contribution is -2.27. The maximum atomic E-state index is 12.9. The van der Waals surface area contributed by atoms with Crippen molar-refractivity contribution in [2.75, 3.05) is 0 Å². The molecule has 0 N–H and O–H groups in total. The molecule has 1 aliphatic heterocycles. The Balaban J connectivity index is 1.57. The molecule has 0 aliphatic carbocycles. The Morgan fingerprint density at radius 1 is 1.22 bits per heavy atom. The Kier molecular flexibility index (Phi) is 6.59. The lowest BCUT2D eigenvalue weighted by atomic mass is 10.1. The molecule has 4 rings (SSSR count). The summed E-state index contributed by atoms with van der Waals surface area (Å²) in [5.74, 6) is 0.809. The number of rotatable bonds is 7. The van der Waals surface area contributed by atoms with E-state index in [4.69, 9.17) is 33.0 Å². The van der Waals surface area contributed by atoms with Gasteiger partial charge in [-0.25, -0.2) is 0 Å². The first kappa shape index (κ1) is 22.1. The highest BCUT2D eigenvalue weighted by atomic mass is 35.5. The molecule has 1 aromatic heterocycles. The van der Waals surface area contributed by atoms with E-state index in [9.17, 15) is 14.9 Å². The number of benzene rings is 2. The maximum absolute atomic E-state index is 12.9. The fraction of sp³-hybridized carbons (Fsp3) is 0.0909. The van der Waals surface area contributed by atoms with Gasteiger partial charge < -0.3 is 9.15 Å². The molecule has 1 amide bonds. The summed E-state index contributed by atoms with van der Waals surface area (Å²) in [6, 6.07) is 14.8. The highest BCUT2D eigenvalue weighted by Crippen LogP contribution is 2.36. The van der Waals surface area contributed by atoms with Crippen LogP contribution in [0.25, 0.3) is 6.08 Å². The Morgan fingerprint density at radius 2 is 2.03 bits per heavy atom. The van der Waals surface area contributed by atoms with Crippen LogP contribution >= 0.6 is 35.6 Å². The summed E-state index contributed by atoms with van der Waals surface area (Å²) in [7, 11) is 0. The zero-order valence-corrected chi connectivity index (χ0v) is 18.8. The van der Waals surface area contributed by atoms with Gasteiger partial charge in [0, 0.05) is 16.7 Å². The number of carbonyl (C=O) groups is 1. The van der Waals surface area contributed by atoms with Crippen LogP contribution in [0.5, 0.6) is 5.75 Å². The summed E-state index contributed by atoms with van der Waals surface area (Å²) >= 11 is 12.7. The number of furan rings is 1. The monoisotopic (exact) mass is 486 g/mol. The van der Waals surface area contributed by atoms with Gasteiger partial charge in [-0.2, -0.15) is 0 Å². The number of hydrogen-bond donors (Lipinski definition) is 0. The van der Waals surface area contributed by atoms with Gasteiger partial charge in [0.2, 0.25) is 0 Å². The van der Waals surface area contributed by atoms with Gasteiger partial charge in [-0.05, 0) is 42.5 Å². The van der Waals surface area contributed by atoms with E-state index in [1.807, 2.05) is 0 Å². The van der Waals surface area contributed by atoms with E-state index >= 15 is 0 Å². The van der Waals surface area contributed by atoms with E-state index in [0.29, 0.717) is 36.9 Å². The molecule has 0 saturated carbocycles. The summed E-state index contributed by atoms with van der Waals surface area (Å²) < 4.78 is 11.6. The smallest absolute Gasteiger partial charge is 0.276 e. The molecule has 162 valence electrons. The highest BCUT2D eigenvalue weighted by molar-refractivity contribution is 8.26. The molecule has 0 atom stereocenters. The summed E-state index contributed by atoms with van der Waals surface area (Å²) in [5, 5.41) is 11.7. The fourth-order valence-corrected chi connectivity index (χ4v) is 4.49. The summed E-state index contributed by atoms with van der Waals surface area (Å²) in [6.45, 7) is 0.227. The summed E-state index contributed by atoms with van der Waals surface area (Å²) in [4.78, 5) is 25.6. The van der Waals surface area contributed by atoms with E-state index in [2.05, 4.69) is 0 Å². The minimum absolute atomic E-state index is 0.0148. The van der Waals surface area contributed by atoms with Gasteiger partial charge in [-0.1, -0.05) is 47.7 Å². The molecule has 0 spiro atoms. The van der Waals surface area contributed by atoms with E-state index in [1.165, 1.54) is 29.0 Å². The van der Waals surface area contributed by atoms with Gasteiger partial charge >= 0.3 is 0 Å². The van der Waals surface area contributed by atoms with Crippen LogP contribution in [0.2, 0.25) is 5.02 Å². The zero-order chi connectivity index (χ0) is 22.7. The average molecular weight is 487 g/mol. The molecule has 0 bridgehead atoms. The second-order valence-corrected chi connectivity index (χ2v) is 8.82. The second kappa shape index (κ2) is 9.56. The van der Waals surface area contributed by atoms with Crippen LogP contribution in [-0.2, 0) is 17.9 Å². The topological polar surface area (TPSA) is 85.8 Å². The van der Waals surface area contributed by atoms with Crippen molar-refractivity contribution in [2.45, 2.75) is 13.2 Å². The molecule has 7 nitrogen and oxygen atoms in total. The number of thioether (sulfide) groups is 1. The first-order chi connectivity index (χ1) is 15.4. The third-order valence-corrected chi connectivity index (χ3v) is 6.21. The molecule has 10 heteroatoms. The molecule has 2 heterocycles. The number of halogens is 1. The van der Waals surface area contributed by atoms with Crippen LogP contribution in [0, 0.1) is 10.1 Å². The van der Waals surface area contributed by atoms with Crippen LogP contribution in [-0.4, -0.2) is 20.1 Å². The van der Waals surface area contributed by atoms with Crippen molar-refractivity contribution < 1.29 is 18.9 Å². The van der Waals surface area contributed by atoms with Gasteiger partial charge in [0.1, 0.15) is 22.4 Å². The summed E-state index contributed by atoms with van der Waals surface area (Å²) in [5.41, 5.74) is 0.972. The largest absolute Gasteiger partial charge is 0.488 e. The minimum atomic E-state index is -0.453. The van der Waals surface area contributed by atoms with E-state index in [1.54, 1.807) is 54.6 Å². The van der Waals surface area contributed by atoms with E-state index < -0.39 is 4.92 Å². The summed E-state index contributed by atoms with van der Waals surface area (Å²) in [6.07, 6.45) is 3.19. The Hall–Kier alpha value is -3.14. The SMILES string of the molecule is O=C1/C(=C/c2cc(Cl)ccc2OCc2ccccc2[N+](=O)[O-])SC(=S)N1Cc1ccco1. The number of carbonyl (C=O) groups excluding carboxylic acids is 1. The first-order valence-corrected chi connectivity index (χ1v) is 10.9. The van der Waals surface area contributed by atoms with E-state index in [0.717, 1.165) is 0 Å². The van der Waals surface area contributed by atoms with Gasteiger partial charge in [-0.15, -0.1) is 0 Å². The Bertz CT molecular complexity index is 1230. The van der Waals surface area contributed by atoms with Crippen molar-refractivity contribution in [3.8, 4) is 5.75 Å². The number of ether oxygens (including phenoxy) is 1. The highest BCUT2D eigenvalue weighted by Gasteiger charge is 2.32. The van der Waals surface area contributed by atoms with Crippen molar-refractivity contribution >= 4 is 57.6 Å². The lowest BCUT2D eigenvalue weighted by Gasteiger charge is -2.12. The van der Waals surface area contributed by atoms with Crippen LogP contribution in [0.15, 0.2) is 70.2 Å². The number of thiocarbonyl (C=S) groups is 1. The fourth-order valence-electron chi connectivity index (χ4n) is 3.07. The lowest BCUT2D eigenvalue weighted by molar-refractivity contribution is -0.385. The van der Waals surface area contributed by atoms with Gasteiger partial charge in [0.15, 0.2) is 0 Å². The number of para-hydroxylation sites is 1. The molecule has 1 fully saturated rings. The van der Waals surface area contributed by atoms with E-state index in [-0.39, 0.29) is 24.7 Å². The van der Waals surface area contributed by atoms with Crippen LogP contribution in [0.3, 0.4) is 0 Å². The number of amides is 1. The van der Waals surface area contributed by atoms with Crippen molar-refractivity contribution in [3.63, 3.8) is 0 Å². The first-order valence-electron chi connectivity index (χ1n) is 9.35. The molecule has 1 saturated heterocycles. The molecule has 3 aromatic rings. The van der Waals surface area contributed by atoms with Crippen LogP contribution < -0.4 is 4.74 Å². The molecule has 2 aromatic carbocycles. The third-order valence-electron chi connectivity index (χ3n) is 4.60. The molecule has 32 heavy (non-hydrogen) atoms. The average Bonchev–Trinajstić information content (AvgIpc) is 3.37. The number of hydrogen-bond acceptors (Lipinski definition) is 7. The second-order valence-electron chi connectivity index (χ2n) is 6.70. The third kappa shape index (κ3) is 4.85. The Morgan fingerprint density at radius 3 is 2.78 bits per heavy atom. The molecule has 1 aliphatic rings. The van der Waals surface area contributed by atoms with Gasteiger partial charge in [0.25, 0.3) is 11.6 Å². The molecular weight excluding hydrogens is 472 g/mol. The van der Waals surface area contributed by atoms with Gasteiger partial charge in [-0.3, -0.25) is 19.8 Å². The normalized spacial score (nSPS) is 14.9. The van der Waals surface area contributed by atoms with Crippen molar-refractivity contribution in [3.05, 3.63) is 97.8 Å². The molecule has 0 unspecified atom stereocenters. The maximum Gasteiger partial charge on any atom is 0.276 e. The zero-order valence-electron chi connectivity index (χ0n) is 16.4. The van der Waals surface area contributed by atoms with Gasteiger partial charge in [0.05, 0.1) is 28.2 Å². The minimum Gasteiger partial charge on any atom is -0.488 e. The Labute approximate surface area is 197 Å². The molecular formula is C22H15ClN2O5S2. The molecule has 0 radical (unpaired) electrons. The van der Waals surface area contributed by atoms with Crippen LogP contribution in [0.4, 0.5) is 5.69 Å². The number of nitrogens with zero attached hydrogens (tertiary/aromatic N) is 2. The van der Waals surface area contributed by atoms with Crippen molar-refractivity contribution in [1.82, 2.24) is 4.90 Å². The number of nitro groups is 1. The number of nitro benzene ring substituents is 1. The van der Waals surface area contributed by atoms with Crippen molar-refractivity contribution in [2.24, 2.45) is 0 Å².